The number of benzene rings is 1. The Morgan fingerprint density at radius 2 is 1.82 bits per heavy atom. The highest BCUT2D eigenvalue weighted by atomic mass is 16.4. The standard InChI is InChI=1S/C14H16O3/c15-10-14(8-4-1-5-9-14)12-7-3-2-6-11(12)13(16)17/h2-3,6-7,10H,1,4-5,8-9H2,(H,16,17)/p-1. The predicted octanol–water partition coefficient (Wildman–Crippen LogP) is 1.45. The van der Waals surface area contributed by atoms with Gasteiger partial charge in [-0.1, -0.05) is 43.5 Å². The number of rotatable bonds is 3. The third-order valence-electron chi connectivity index (χ3n) is 3.65. The lowest BCUT2D eigenvalue weighted by molar-refractivity contribution is -0.255. The summed E-state index contributed by atoms with van der Waals surface area (Å²) >= 11 is 0. The Balaban J connectivity index is 2.49. The summed E-state index contributed by atoms with van der Waals surface area (Å²) in [6.07, 6.45) is 5.46. The minimum atomic E-state index is -1.20. The van der Waals surface area contributed by atoms with Crippen molar-refractivity contribution in [1.29, 1.82) is 0 Å². The van der Waals surface area contributed by atoms with E-state index in [9.17, 15) is 14.7 Å². The van der Waals surface area contributed by atoms with E-state index in [0.29, 0.717) is 5.56 Å². The van der Waals surface area contributed by atoms with Gasteiger partial charge in [0.25, 0.3) is 0 Å². The number of hydrogen-bond donors (Lipinski definition) is 0. The zero-order valence-corrected chi connectivity index (χ0v) is 9.65. The van der Waals surface area contributed by atoms with E-state index in [0.717, 1.165) is 38.4 Å². The van der Waals surface area contributed by atoms with Crippen LogP contribution in [-0.2, 0) is 10.2 Å². The topological polar surface area (TPSA) is 57.2 Å². The molecule has 1 fully saturated rings. The molecule has 2 rings (SSSR count). The molecule has 0 aromatic heterocycles. The van der Waals surface area contributed by atoms with Gasteiger partial charge in [-0.05, 0) is 18.4 Å². The Bertz CT molecular complexity index is 431. The van der Waals surface area contributed by atoms with Crippen LogP contribution in [0.5, 0.6) is 0 Å². The van der Waals surface area contributed by atoms with Crippen molar-refractivity contribution in [3.05, 3.63) is 35.4 Å². The molecular formula is C14H15O3-. The van der Waals surface area contributed by atoms with E-state index in [-0.39, 0.29) is 5.56 Å². The molecule has 0 aliphatic heterocycles. The van der Waals surface area contributed by atoms with Crippen molar-refractivity contribution in [3.8, 4) is 0 Å². The minimum Gasteiger partial charge on any atom is -0.545 e. The molecule has 0 saturated heterocycles. The lowest BCUT2D eigenvalue weighted by Crippen LogP contribution is -2.35. The first-order chi connectivity index (χ1) is 8.19. The highest BCUT2D eigenvalue weighted by Crippen LogP contribution is 2.39. The highest BCUT2D eigenvalue weighted by molar-refractivity contribution is 5.90. The summed E-state index contributed by atoms with van der Waals surface area (Å²) in [5, 5.41) is 11.1. The van der Waals surface area contributed by atoms with Crippen LogP contribution >= 0.6 is 0 Å². The van der Waals surface area contributed by atoms with E-state index in [4.69, 9.17) is 0 Å². The van der Waals surface area contributed by atoms with Gasteiger partial charge in [-0.3, -0.25) is 0 Å². The zero-order valence-electron chi connectivity index (χ0n) is 9.65. The SMILES string of the molecule is O=CC1(c2ccccc2C(=O)[O-])CCCCC1. The molecule has 1 saturated carbocycles. The van der Waals surface area contributed by atoms with Gasteiger partial charge >= 0.3 is 0 Å². The molecule has 1 aromatic rings. The summed E-state index contributed by atoms with van der Waals surface area (Å²) in [6, 6.07) is 6.70. The first kappa shape index (κ1) is 11.8. The maximum absolute atomic E-state index is 11.4. The molecule has 17 heavy (non-hydrogen) atoms. The number of carbonyl (C=O) groups is 2. The maximum atomic E-state index is 11.4. The number of carboxylic acid groups (broad SMARTS) is 1. The van der Waals surface area contributed by atoms with Gasteiger partial charge in [-0.2, -0.15) is 0 Å². The van der Waals surface area contributed by atoms with Gasteiger partial charge < -0.3 is 14.7 Å². The van der Waals surface area contributed by atoms with Gasteiger partial charge in [-0.25, -0.2) is 0 Å². The average molecular weight is 231 g/mol. The van der Waals surface area contributed by atoms with Gasteiger partial charge in [-0.15, -0.1) is 0 Å². The number of aromatic carboxylic acids is 1. The summed E-state index contributed by atoms with van der Waals surface area (Å²) in [4.78, 5) is 22.5. The molecule has 0 bridgehead atoms. The lowest BCUT2D eigenvalue weighted by Gasteiger charge is -2.34. The second kappa shape index (κ2) is 4.70. The lowest BCUT2D eigenvalue weighted by atomic mass is 9.69. The summed E-state index contributed by atoms with van der Waals surface area (Å²) in [5.74, 6) is -1.20. The molecule has 0 heterocycles. The molecule has 3 heteroatoms. The molecule has 0 radical (unpaired) electrons. The third-order valence-corrected chi connectivity index (χ3v) is 3.65. The van der Waals surface area contributed by atoms with Crippen LogP contribution in [0.1, 0.15) is 48.0 Å². The van der Waals surface area contributed by atoms with Crippen molar-refractivity contribution in [2.75, 3.05) is 0 Å². The Labute approximate surface area is 100 Å². The van der Waals surface area contributed by atoms with Crippen LogP contribution in [0.25, 0.3) is 0 Å². The molecule has 0 unspecified atom stereocenters. The fourth-order valence-corrected chi connectivity index (χ4v) is 2.73. The summed E-state index contributed by atoms with van der Waals surface area (Å²) in [6.45, 7) is 0. The van der Waals surface area contributed by atoms with E-state index in [1.54, 1.807) is 18.2 Å². The Hall–Kier alpha value is -1.64. The van der Waals surface area contributed by atoms with Crippen LogP contribution in [0.2, 0.25) is 0 Å². The molecule has 90 valence electrons. The molecular weight excluding hydrogens is 216 g/mol. The average Bonchev–Trinajstić information content (AvgIpc) is 2.39. The molecule has 0 amide bonds. The largest absolute Gasteiger partial charge is 0.545 e. The van der Waals surface area contributed by atoms with E-state index in [1.807, 2.05) is 0 Å². The molecule has 0 spiro atoms. The summed E-state index contributed by atoms with van der Waals surface area (Å²) in [7, 11) is 0. The van der Waals surface area contributed by atoms with Gasteiger partial charge in [0, 0.05) is 5.56 Å². The van der Waals surface area contributed by atoms with Crippen molar-refractivity contribution in [2.45, 2.75) is 37.5 Å². The van der Waals surface area contributed by atoms with Crippen molar-refractivity contribution in [1.82, 2.24) is 0 Å². The van der Waals surface area contributed by atoms with Crippen LogP contribution in [0.3, 0.4) is 0 Å². The number of hydrogen-bond acceptors (Lipinski definition) is 3. The smallest absolute Gasteiger partial charge is 0.130 e. The fourth-order valence-electron chi connectivity index (χ4n) is 2.73. The van der Waals surface area contributed by atoms with Crippen molar-refractivity contribution >= 4 is 12.3 Å². The van der Waals surface area contributed by atoms with Gasteiger partial charge in [0.1, 0.15) is 6.29 Å². The van der Waals surface area contributed by atoms with Crippen molar-refractivity contribution < 1.29 is 14.7 Å². The first-order valence-electron chi connectivity index (χ1n) is 5.97. The number of carbonyl (C=O) groups excluding carboxylic acids is 2. The Morgan fingerprint density at radius 3 is 2.41 bits per heavy atom. The molecule has 1 aliphatic rings. The quantitative estimate of drug-likeness (QED) is 0.740. The van der Waals surface area contributed by atoms with Crippen LogP contribution < -0.4 is 5.11 Å². The zero-order chi connectivity index (χ0) is 12.3. The van der Waals surface area contributed by atoms with E-state index in [2.05, 4.69) is 0 Å². The van der Waals surface area contributed by atoms with E-state index < -0.39 is 11.4 Å². The van der Waals surface area contributed by atoms with E-state index in [1.165, 1.54) is 6.07 Å². The second-order valence-electron chi connectivity index (χ2n) is 4.67. The van der Waals surface area contributed by atoms with Gasteiger partial charge in [0.05, 0.1) is 11.4 Å². The van der Waals surface area contributed by atoms with Gasteiger partial charge in [0.2, 0.25) is 0 Å². The number of aldehydes is 1. The predicted molar refractivity (Wildman–Crippen MR) is 61.6 cm³/mol. The summed E-state index contributed by atoms with van der Waals surface area (Å²) in [5.41, 5.74) is 0.158. The van der Waals surface area contributed by atoms with Crippen LogP contribution in [0.15, 0.2) is 24.3 Å². The van der Waals surface area contributed by atoms with E-state index >= 15 is 0 Å². The van der Waals surface area contributed by atoms with Crippen LogP contribution in [-0.4, -0.2) is 12.3 Å². The minimum absolute atomic E-state index is 0.154. The highest BCUT2D eigenvalue weighted by Gasteiger charge is 2.35. The Morgan fingerprint density at radius 1 is 1.18 bits per heavy atom. The second-order valence-corrected chi connectivity index (χ2v) is 4.67. The number of carboxylic acids is 1. The van der Waals surface area contributed by atoms with Crippen LogP contribution in [0, 0.1) is 0 Å². The van der Waals surface area contributed by atoms with Crippen molar-refractivity contribution in [2.24, 2.45) is 0 Å². The van der Waals surface area contributed by atoms with Crippen LogP contribution in [0.4, 0.5) is 0 Å². The van der Waals surface area contributed by atoms with Crippen molar-refractivity contribution in [3.63, 3.8) is 0 Å². The summed E-state index contributed by atoms with van der Waals surface area (Å²) < 4.78 is 0. The third kappa shape index (κ3) is 2.09. The molecule has 0 atom stereocenters. The fraction of sp³-hybridized carbons (Fsp3) is 0.429. The normalized spacial score (nSPS) is 18.6. The Kier molecular flexibility index (Phi) is 3.27. The molecule has 0 N–H and O–H groups in total. The first-order valence-corrected chi connectivity index (χ1v) is 5.97. The monoisotopic (exact) mass is 231 g/mol. The maximum Gasteiger partial charge on any atom is 0.130 e. The molecule has 3 nitrogen and oxygen atoms in total. The van der Waals surface area contributed by atoms with Gasteiger partial charge in [0.15, 0.2) is 0 Å². The molecule has 1 aliphatic carbocycles. The molecule has 1 aromatic carbocycles.